The van der Waals surface area contributed by atoms with Crippen LogP contribution in [0.5, 0.6) is 23.0 Å². The maximum atomic E-state index is 12.6. The Balaban J connectivity index is 1.64. The van der Waals surface area contributed by atoms with Gasteiger partial charge in [-0.15, -0.1) is 0 Å². The first kappa shape index (κ1) is 18.7. The van der Waals surface area contributed by atoms with Crippen LogP contribution in [0.3, 0.4) is 0 Å². The highest BCUT2D eigenvalue weighted by molar-refractivity contribution is 5.94. The molecule has 1 amide bonds. The average Bonchev–Trinajstić information content (AvgIpc) is 3.18. The second-order valence-corrected chi connectivity index (χ2v) is 6.46. The number of hydrogen-bond acceptors (Lipinski definition) is 7. The molecular formula is C21H19NO7. The van der Waals surface area contributed by atoms with Crippen molar-refractivity contribution in [3.63, 3.8) is 0 Å². The van der Waals surface area contributed by atoms with Crippen LogP contribution in [0.1, 0.15) is 11.1 Å². The molecule has 0 fully saturated rings. The van der Waals surface area contributed by atoms with Crippen molar-refractivity contribution < 1.29 is 28.2 Å². The van der Waals surface area contributed by atoms with E-state index in [-0.39, 0.29) is 30.3 Å². The molecule has 1 aromatic heterocycles. The first-order valence-electron chi connectivity index (χ1n) is 8.88. The normalized spacial score (nSPS) is 12.1. The lowest BCUT2D eigenvalue weighted by Gasteiger charge is -2.13. The minimum Gasteiger partial charge on any atom is -0.493 e. The number of carbonyl (C=O) groups excluding carboxylic acids is 1. The fourth-order valence-electron chi connectivity index (χ4n) is 3.31. The van der Waals surface area contributed by atoms with Gasteiger partial charge >= 0.3 is 5.63 Å². The number of methoxy groups -OCH3 is 2. The number of nitrogens with one attached hydrogen (secondary N) is 1. The molecule has 4 rings (SSSR count). The number of anilines is 1. The lowest BCUT2D eigenvalue weighted by molar-refractivity contribution is -0.115. The van der Waals surface area contributed by atoms with E-state index in [4.69, 9.17) is 23.4 Å². The average molecular weight is 397 g/mol. The summed E-state index contributed by atoms with van der Waals surface area (Å²) in [6.07, 6.45) is -0.132. The Hall–Kier alpha value is -3.68. The molecular weight excluding hydrogens is 378 g/mol. The third-order valence-electron chi connectivity index (χ3n) is 4.79. The topological polar surface area (TPSA) is 96.2 Å². The van der Waals surface area contributed by atoms with Crippen molar-refractivity contribution in [2.75, 3.05) is 26.3 Å². The van der Waals surface area contributed by atoms with Gasteiger partial charge in [0.15, 0.2) is 22.8 Å². The Morgan fingerprint density at radius 3 is 2.66 bits per heavy atom. The summed E-state index contributed by atoms with van der Waals surface area (Å²) in [4.78, 5) is 25.1. The largest absolute Gasteiger partial charge is 0.493 e. The summed E-state index contributed by atoms with van der Waals surface area (Å²) in [5.41, 5.74) is 1.17. The smallest absolute Gasteiger partial charge is 0.340 e. The van der Waals surface area contributed by atoms with E-state index in [2.05, 4.69) is 5.32 Å². The number of fused-ring (bicyclic) bond motifs is 2. The van der Waals surface area contributed by atoms with Gasteiger partial charge in [-0.1, -0.05) is 0 Å². The van der Waals surface area contributed by atoms with Crippen molar-refractivity contribution in [3.05, 3.63) is 51.9 Å². The molecule has 1 N–H and O–H groups in total. The molecule has 29 heavy (non-hydrogen) atoms. The van der Waals surface area contributed by atoms with Gasteiger partial charge in [-0.3, -0.25) is 4.79 Å². The molecule has 0 saturated heterocycles. The van der Waals surface area contributed by atoms with E-state index in [1.165, 1.54) is 14.2 Å². The molecule has 0 saturated carbocycles. The summed E-state index contributed by atoms with van der Waals surface area (Å²) >= 11 is 0. The fourth-order valence-corrected chi connectivity index (χ4v) is 3.31. The number of carbonyl (C=O) groups is 1. The Labute approximate surface area is 165 Å². The standard InChI is InChI=1S/C21H19NO7/c1-11-13-5-7-16(25-2)20(26-3)19(13)29-21(24)14(11)9-18(23)22-12-4-6-15-17(8-12)28-10-27-15/h4-8H,9-10H2,1-3H3,(H,22,23). The van der Waals surface area contributed by atoms with Crippen molar-refractivity contribution in [1.29, 1.82) is 0 Å². The number of hydrogen-bond donors (Lipinski definition) is 1. The Bertz CT molecular complexity index is 1170. The number of amides is 1. The molecule has 8 heteroatoms. The van der Waals surface area contributed by atoms with Crippen molar-refractivity contribution in [2.24, 2.45) is 0 Å². The zero-order chi connectivity index (χ0) is 20.5. The minimum atomic E-state index is -0.595. The maximum Gasteiger partial charge on any atom is 0.340 e. The van der Waals surface area contributed by atoms with Gasteiger partial charge in [0.1, 0.15) is 0 Å². The van der Waals surface area contributed by atoms with E-state index in [1.54, 1.807) is 37.3 Å². The Morgan fingerprint density at radius 1 is 1.10 bits per heavy atom. The SMILES string of the molecule is COc1ccc2c(C)c(CC(=O)Nc3ccc4c(c3)OCO4)c(=O)oc2c1OC. The van der Waals surface area contributed by atoms with E-state index in [0.717, 1.165) is 0 Å². The predicted molar refractivity (Wildman–Crippen MR) is 105 cm³/mol. The van der Waals surface area contributed by atoms with Crippen LogP contribution in [0.25, 0.3) is 11.0 Å². The minimum absolute atomic E-state index is 0.132. The highest BCUT2D eigenvalue weighted by Gasteiger charge is 2.20. The third kappa shape index (κ3) is 3.33. The molecule has 0 bridgehead atoms. The van der Waals surface area contributed by atoms with Crippen molar-refractivity contribution in [2.45, 2.75) is 13.3 Å². The van der Waals surface area contributed by atoms with Crippen molar-refractivity contribution in [1.82, 2.24) is 0 Å². The van der Waals surface area contributed by atoms with Crippen LogP contribution in [-0.2, 0) is 11.2 Å². The highest BCUT2D eigenvalue weighted by Crippen LogP contribution is 2.37. The Kier molecular flexibility index (Phi) is 4.75. The molecule has 0 unspecified atom stereocenters. The molecule has 0 radical (unpaired) electrons. The number of ether oxygens (including phenoxy) is 4. The van der Waals surface area contributed by atoms with Crippen LogP contribution in [0.15, 0.2) is 39.5 Å². The quantitative estimate of drug-likeness (QED) is 0.661. The van der Waals surface area contributed by atoms with E-state index >= 15 is 0 Å². The summed E-state index contributed by atoms with van der Waals surface area (Å²) in [6.45, 7) is 1.92. The van der Waals surface area contributed by atoms with Crippen LogP contribution >= 0.6 is 0 Å². The summed E-state index contributed by atoms with van der Waals surface area (Å²) in [5.74, 6) is 1.63. The van der Waals surface area contributed by atoms with Crippen LogP contribution < -0.4 is 29.9 Å². The Morgan fingerprint density at radius 2 is 1.90 bits per heavy atom. The van der Waals surface area contributed by atoms with Crippen LogP contribution in [0, 0.1) is 6.92 Å². The van der Waals surface area contributed by atoms with Gasteiger partial charge in [-0.25, -0.2) is 4.79 Å². The van der Waals surface area contributed by atoms with Gasteiger partial charge < -0.3 is 28.7 Å². The summed E-state index contributed by atoms with van der Waals surface area (Å²) < 4.78 is 26.6. The lowest BCUT2D eigenvalue weighted by atomic mass is 10.0. The van der Waals surface area contributed by atoms with Gasteiger partial charge in [0.25, 0.3) is 0 Å². The van der Waals surface area contributed by atoms with Gasteiger partial charge in [0, 0.05) is 17.1 Å². The molecule has 0 aliphatic carbocycles. The van der Waals surface area contributed by atoms with Gasteiger partial charge in [-0.2, -0.15) is 0 Å². The first-order chi connectivity index (χ1) is 14.0. The molecule has 8 nitrogen and oxygen atoms in total. The fraction of sp³-hybridized carbons (Fsp3) is 0.238. The van der Waals surface area contributed by atoms with Crippen LogP contribution in [-0.4, -0.2) is 26.9 Å². The number of aryl methyl sites for hydroxylation is 1. The number of rotatable bonds is 5. The van der Waals surface area contributed by atoms with E-state index < -0.39 is 5.63 Å². The molecule has 1 aliphatic rings. The molecule has 0 spiro atoms. The van der Waals surface area contributed by atoms with Gasteiger partial charge in [0.05, 0.1) is 26.2 Å². The summed E-state index contributed by atoms with van der Waals surface area (Å²) in [5, 5.41) is 3.44. The molecule has 1 aliphatic heterocycles. The molecule has 2 heterocycles. The molecule has 150 valence electrons. The van der Waals surface area contributed by atoms with E-state index in [1.807, 2.05) is 0 Å². The van der Waals surface area contributed by atoms with E-state index in [0.29, 0.717) is 39.6 Å². The predicted octanol–water partition coefficient (Wildman–Crippen LogP) is 3.03. The molecule has 3 aromatic rings. The number of benzene rings is 2. The van der Waals surface area contributed by atoms with Crippen molar-refractivity contribution >= 4 is 22.6 Å². The monoisotopic (exact) mass is 397 g/mol. The second kappa shape index (κ2) is 7.38. The first-order valence-corrected chi connectivity index (χ1v) is 8.88. The molecule has 2 aromatic carbocycles. The maximum absolute atomic E-state index is 12.6. The van der Waals surface area contributed by atoms with Gasteiger partial charge in [0.2, 0.25) is 18.4 Å². The third-order valence-corrected chi connectivity index (χ3v) is 4.79. The van der Waals surface area contributed by atoms with E-state index in [9.17, 15) is 9.59 Å². The van der Waals surface area contributed by atoms with Crippen molar-refractivity contribution in [3.8, 4) is 23.0 Å². The highest BCUT2D eigenvalue weighted by atomic mass is 16.7. The molecule has 0 atom stereocenters. The van der Waals surface area contributed by atoms with Gasteiger partial charge in [-0.05, 0) is 36.8 Å². The van der Waals surface area contributed by atoms with Crippen LogP contribution in [0.4, 0.5) is 5.69 Å². The zero-order valence-corrected chi connectivity index (χ0v) is 16.2. The summed E-state index contributed by atoms with van der Waals surface area (Å²) in [6, 6.07) is 8.59. The summed E-state index contributed by atoms with van der Waals surface area (Å²) in [7, 11) is 2.98. The lowest BCUT2D eigenvalue weighted by Crippen LogP contribution is -2.20. The second-order valence-electron chi connectivity index (χ2n) is 6.46. The zero-order valence-electron chi connectivity index (χ0n) is 16.2. The van der Waals surface area contributed by atoms with Crippen LogP contribution in [0.2, 0.25) is 0 Å².